The first-order valence-electron chi connectivity index (χ1n) is 10.5. The van der Waals surface area contributed by atoms with Gasteiger partial charge in [-0.3, -0.25) is 0 Å². The Labute approximate surface area is 182 Å². The van der Waals surface area contributed by atoms with Crippen molar-refractivity contribution in [1.29, 1.82) is 0 Å². The predicted molar refractivity (Wildman–Crippen MR) is 122 cm³/mol. The van der Waals surface area contributed by atoms with Gasteiger partial charge in [-0.1, -0.05) is 74.9 Å². The van der Waals surface area contributed by atoms with Gasteiger partial charge in [0.15, 0.2) is 0 Å². The molecular formula is C27H27FO3. The van der Waals surface area contributed by atoms with E-state index in [0.29, 0.717) is 5.56 Å². The Morgan fingerprint density at radius 1 is 0.935 bits per heavy atom. The lowest BCUT2D eigenvalue weighted by molar-refractivity contribution is -0.130. The fourth-order valence-corrected chi connectivity index (χ4v) is 3.32. The molecule has 4 heteroatoms. The van der Waals surface area contributed by atoms with Gasteiger partial charge in [-0.15, -0.1) is 0 Å². The van der Waals surface area contributed by atoms with Crippen molar-refractivity contribution in [1.82, 2.24) is 0 Å². The van der Waals surface area contributed by atoms with Crippen LogP contribution in [0.1, 0.15) is 31.7 Å². The highest BCUT2D eigenvalue weighted by Gasteiger charge is 2.12. The molecule has 0 aromatic heterocycles. The van der Waals surface area contributed by atoms with Gasteiger partial charge in [-0.2, -0.15) is 0 Å². The van der Waals surface area contributed by atoms with Crippen LogP contribution in [0.3, 0.4) is 0 Å². The van der Waals surface area contributed by atoms with Crippen molar-refractivity contribution in [3.63, 3.8) is 0 Å². The molecular weight excluding hydrogens is 391 g/mol. The molecule has 0 atom stereocenters. The number of carbonyl (C=O) groups is 1. The summed E-state index contributed by atoms with van der Waals surface area (Å²) in [7, 11) is 0. The van der Waals surface area contributed by atoms with Gasteiger partial charge in [0.25, 0.3) is 0 Å². The SMILES string of the molecule is C=C(CO)C(=O)Oc1ccc(-c2ccc(-c3ccc(CCCCC)cc3)cc2)c(F)c1. The van der Waals surface area contributed by atoms with Crippen LogP contribution in [0.5, 0.6) is 5.75 Å². The summed E-state index contributed by atoms with van der Waals surface area (Å²) >= 11 is 0. The molecule has 3 aromatic carbocycles. The average molecular weight is 419 g/mol. The minimum atomic E-state index is -0.782. The van der Waals surface area contributed by atoms with Crippen LogP contribution in [0.15, 0.2) is 78.9 Å². The van der Waals surface area contributed by atoms with Crippen molar-refractivity contribution < 1.29 is 19.0 Å². The first-order valence-corrected chi connectivity index (χ1v) is 10.5. The Kier molecular flexibility index (Phi) is 7.74. The fraction of sp³-hybridized carbons (Fsp3) is 0.222. The molecule has 0 spiro atoms. The number of benzene rings is 3. The number of aryl methyl sites for hydroxylation is 1. The first kappa shape index (κ1) is 22.4. The van der Waals surface area contributed by atoms with Crippen molar-refractivity contribution in [3.05, 3.63) is 90.3 Å². The van der Waals surface area contributed by atoms with E-state index in [-0.39, 0.29) is 11.3 Å². The third-order valence-corrected chi connectivity index (χ3v) is 5.18. The second kappa shape index (κ2) is 10.7. The van der Waals surface area contributed by atoms with Crippen molar-refractivity contribution in [2.75, 3.05) is 6.61 Å². The zero-order valence-corrected chi connectivity index (χ0v) is 17.7. The maximum Gasteiger partial charge on any atom is 0.341 e. The number of ether oxygens (including phenoxy) is 1. The van der Waals surface area contributed by atoms with Crippen LogP contribution in [0.25, 0.3) is 22.3 Å². The molecule has 1 N–H and O–H groups in total. The van der Waals surface area contributed by atoms with E-state index in [1.165, 1.54) is 30.9 Å². The largest absolute Gasteiger partial charge is 0.423 e. The molecule has 0 aliphatic heterocycles. The van der Waals surface area contributed by atoms with Gasteiger partial charge in [0.1, 0.15) is 11.6 Å². The minimum absolute atomic E-state index is 0.0662. The van der Waals surface area contributed by atoms with Gasteiger partial charge in [0, 0.05) is 11.6 Å². The van der Waals surface area contributed by atoms with Gasteiger partial charge < -0.3 is 9.84 Å². The molecule has 0 saturated carbocycles. The molecule has 31 heavy (non-hydrogen) atoms. The molecule has 0 unspecified atom stereocenters. The number of rotatable bonds is 9. The molecule has 0 amide bonds. The molecule has 160 valence electrons. The lowest BCUT2D eigenvalue weighted by Gasteiger charge is -2.09. The van der Waals surface area contributed by atoms with Gasteiger partial charge in [-0.25, -0.2) is 9.18 Å². The number of hydrogen-bond acceptors (Lipinski definition) is 3. The first-order chi connectivity index (χ1) is 15.0. The number of unbranched alkanes of at least 4 members (excludes halogenated alkanes) is 2. The lowest BCUT2D eigenvalue weighted by Crippen LogP contribution is -2.13. The van der Waals surface area contributed by atoms with E-state index in [9.17, 15) is 9.18 Å². The monoisotopic (exact) mass is 418 g/mol. The normalized spacial score (nSPS) is 10.7. The molecule has 0 saturated heterocycles. The summed E-state index contributed by atoms with van der Waals surface area (Å²) in [6.45, 7) is 5.09. The summed E-state index contributed by atoms with van der Waals surface area (Å²) in [6, 6.07) is 20.5. The predicted octanol–water partition coefficient (Wildman–Crippen LogP) is 6.35. The highest BCUT2D eigenvalue weighted by atomic mass is 19.1. The molecule has 0 bridgehead atoms. The molecule has 3 aromatic rings. The molecule has 0 radical (unpaired) electrons. The number of halogens is 1. The van der Waals surface area contributed by atoms with E-state index in [4.69, 9.17) is 9.84 Å². The number of esters is 1. The van der Waals surface area contributed by atoms with Crippen molar-refractivity contribution in [2.24, 2.45) is 0 Å². The van der Waals surface area contributed by atoms with Crippen LogP contribution in [-0.4, -0.2) is 17.7 Å². The van der Waals surface area contributed by atoms with Crippen LogP contribution in [0.2, 0.25) is 0 Å². The quantitative estimate of drug-likeness (QED) is 0.191. The summed E-state index contributed by atoms with van der Waals surface area (Å²) in [5, 5.41) is 8.92. The van der Waals surface area contributed by atoms with Crippen LogP contribution in [0.4, 0.5) is 4.39 Å². The smallest absolute Gasteiger partial charge is 0.341 e. The molecule has 0 fully saturated rings. The van der Waals surface area contributed by atoms with Gasteiger partial charge in [-0.05, 0) is 47.2 Å². The zero-order chi connectivity index (χ0) is 22.2. The Balaban J connectivity index is 1.71. The standard InChI is InChI=1S/C27H27FO3/c1-3-4-5-6-20-7-9-21(10-8-20)22-11-13-23(14-12-22)25-16-15-24(17-26(25)28)31-27(30)19(2)18-29/h7-17,29H,2-6,18H2,1H3. The Morgan fingerprint density at radius 3 is 2.13 bits per heavy atom. The van der Waals surface area contributed by atoms with Crippen molar-refractivity contribution in [3.8, 4) is 28.0 Å². The summed E-state index contributed by atoms with van der Waals surface area (Å²) in [5.41, 5.74) is 4.59. The van der Waals surface area contributed by atoms with Crippen LogP contribution < -0.4 is 4.74 Å². The summed E-state index contributed by atoms with van der Waals surface area (Å²) < 4.78 is 19.6. The van der Waals surface area contributed by atoms with E-state index in [0.717, 1.165) is 29.2 Å². The summed E-state index contributed by atoms with van der Waals surface area (Å²) in [4.78, 5) is 11.7. The molecule has 3 rings (SSSR count). The maximum atomic E-state index is 14.6. The van der Waals surface area contributed by atoms with Gasteiger partial charge in [0.05, 0.1) is 12.2 Å². The van der Waals surface area contributed by atoms with Gasteiger partial charge in [0.2, 0.25) is 0 Å². The summed E-state index contributed by atoms with van der Waals surface area (Å²) in [6.07, 6.45) is 4.79. The average Bonchev–Trinajstić information content (AvgIpc) is 2.79. The van der Waals surface area contributed by atoms with E-state index >= 15 is 0 Å². The second-order valence-corrected chi connectivity index (χ2v) is 7.52. The third kappa shape index (κ3) is 5.89. The Hall–Kier alpha value is -3.24. The molecule has 0 heterocycles. The van der Waals surface area contributed by atoms with Crippen LogP contribution in [0, 0.1) is 5.82 Å². The highest BCUT2D eigenvalue weighted by Crippen LogP contribution is 2.29. The Morgan fingerprint density at radius 2 is 1.55 bits per heavy atom. The van der Waals surface area contributed by atoms with Crippen LogP contribution in [-0.2, 0) is 11.2 Å². The maximum absolute atomic E-state index is 14.6. The van der Waals surface area contributed by atoms with E-state index in [1.54, 1.807) is 6.07 Å². The zero-order valence-electron chi connectivity index (χ0n) is 17.7. The Bertz CT molecular complexity index is 1040. The second-order valence-electron chi connectivity index (χ2n) is 7.52. The van der Waals surface area contributed by atoms with Crippen molar-refractivity contribution >= 4 is 5.97 Å². The number of carbonyl (C=O) groups excluding carboxylic acids is 1. The number of aliphatic hydroxyl groups is 1. The lowest BCUT2D eigenvalue weighted by atomic mass is 9.98. The minimum Gasteiger partial charge on any atom is -0.423 e. The number of aliphatic hydroxyl groups excluding tert-OH is 1. The topological polar surface area (TPSA) is 46.5 Å². The summed E-state index contributed by atoms with van der Waals surface area (Å²) in [5.74, 6) is -1.21. The fourth-order valence-electron chi connectivity index (χ4n) is 3.32. The molecule has 0 aliphatic carbocycles. The third-order valence-electron chi connectivity index (χ3n) is 5.18. The molecule has 3 nitrogen and oxygen atoms in total. The number of hydrogen-bond donors (Lipinski definition) is 1. The molecule has 0 aliphatic rings. The van der Waals surface area contributed by atoms with E-state index < -0.39 is 18.4 Å². The van der Waals surface area contributed by atoms with E-state index in [1.807, 2.05) is 24.3 Å². The van der Waals surface area contributed by atoms with Gasteiger partial charge >= 0.3 is 5.97 Å². The van der Waals surface area contributed by atoms with Crippen LogP contribution >= 0.6 is 0 Å². The highest BCUT2D eigenvalue weighted by molar-refractivity contribution is 5.89. The van der Waals surface area contributed by atoms with Crippen molar-refractivity contribution in [2.45, 2.75) is 32.6 Å². The van der Waals surface area contributed by atoms with E-state index in [2.05, 4.69) is 37.8 Å².